The number of esters is 1. The minimum absolute atomic E-state index is 0.103. The largest absolute Gasteiger partial charge is 0.469 e. The SMILES string of the molecule is COC(=O)[C@@]1(C)CCC[C@@H](OC)C1. The normalized spacial score (nSPS) is 34.2. The van der Waals surface area contributed by atoms with Crippen LogP contribution in [0.15, 0.2) is 0 Å². The number of methoxy groups -OCH3 is 2. The zero-order chi connectivity index (χ0) is 9.90. The van der Waals surface area contributed by atoms with E-state index in [0.29, 0.717) is 0 Å². The molecule has 2 atom stereocenters. The molecule has 3 nitrogen and oxygen atoms in total. The van der Waals surface area contributed by atoms with Crippen LogP contribution in [-0.4, -0.2) is 26.3 Å². The molecule has 0 unspecified atom stereocenters. The van der Waals surface area contributed by atoms with Gasteiger partial charge >= 0.3 is 5.97 Å². The molecule has 1 saturated carbocycles. The van der Waals surface area contributed by atoms with Gasteiger partial charge in [0.2, 0.25) is 0 Å². The molecule has 76 valence electrons. The summed E-state index contributed by atoms with van der Waals surface area (Å²) < 4.78 is 10.1. The highest BCUT2D eigenvalue weighted by atomic mass is 16.5. The molecule has 1 rings (SSSR count). The highest BCUT2D eigenvalue weighted by molar-refractivity contribution is 5.76. The highest BCUT2D eigenvalue weighted by Gasteiger charge is 2.39. The zero-order valence-electron chi connectivity index (χ0n) is 8.63. The Bertz CT molecular complexity index is 191. The molecule has 0 amide bonds. The van der Waals surface area contributed by atoms with E-state index in [1.807, 2.05) is 6.92 Å². The number of carbonyl (C=O) groups excluding carboxylic acids is 1. The standard InChI is InChI=1S/C10H18O3/c1-10(9(11)13-3)6-4-5-8(7-10)12-2/h8H,4-7H2,1-3H3/t8-,10+/m1/s1. The quantitative estimate of drug-likeness (QED) is 0.616. The number of carbonyl (C=O) groups is 1. The summed E-state index contributed by atoms with van der Waals surface area (Å²) in [4.78, 5) is 11.5. The molecule has 0 aromatic carbocycles. The molecule has 1 aliphatic rings. The molecule has 1 aliphatic carbocycles. The molecule has 0 aromatic rings. The van der Waals surface area contributed by atoms with Crippen LogP contribution in [0.1, 0.15) is 32.6 Å². The van der Waals surface area contributed by atoms with Gasteiger partial charge in [0.05, 0.1) is 18.6 Å². The van der Waals surface area contributed by atoms with Gasteiger partial charge in [0.1, 0.15) is 0 Å². The van der Waals surface area contributed by atoms with E-state index in [2.05, 4.69) is 0 Å². The maximum absolute atomic E-state index is 11.5. The lowest BCUT2D eigenvalue weighted by atomic mass is 9.74. The summed E-state index contributed by atoms with van der Waals surface area (Å²) >= 11 is 0. The van der Waals surface area contributed by atoms with Crippen molar-refractivity contribution in [3.63, 3.8) is 0 Å². The summed E-state index contributed by atoms with van der Waals surface area (Å²) in [6.07, 6.45) is 4.03. The first-order valence-electron chi connectivity index (χ1n) is 4.73. The smallest absolute Gasteiger partial charge is 0.311 e. The van der Waals surface area contributed by atoms with Gasteiger partial charge in [0, 0.05) is 7.11 Å². The van der Waals surface area contributed by atoms with Crippen LogP contribution < -0.4 is 0 Å². The van der Waals surface area contributed by atoms with Crippen molar-refractivity contribution in [2.24, 2.45) is 5.41 Å². The van der Waals surface area contributed by atoms with Gasteiger partial charge in [-0.1, -0.05) is 0 Å². The molecule has 0 N–H and O–H groups in total. The fourth-order valence-electron chi connectivity index (χ4n) is 2.06. The summed E-state index contributed by atoms with van der Waals surface area (Å²) in [5.41, 5.74) is -0.326. The van der Waals surface area contributed by atoms with Crippen LogP contribution in [0, 0.1) is 5.41 Å². The predicted molar refractivity (Wildman–Crippen MR) is 49.4 cm³/mol. The van der Waals surface area contributed by atoms with Crippen LogP contribution in [-0.2, 0) is 14.3 Å². The minimum atomic E-state index is -0.326. The number of rotatable bonds is 2. The molecule has 1 fully saturated rings. The lowest BCUT2D eigenvalue weighted by molar-refractivity contribution is -0.156. The van der Waals surface area contributed by atoms with Crippen LogP contribution in [0.25, 0.3) is 0 Å². The summed E-state index contributed by atoms with van der Waals surface area (Å²) in [7, 11) is 3.15. The van der Waals surface area contributed by atoms with Crippen molar-refractivity contribution in [3.05, 3.63) is 0 Å². The average Bonchev–Trinajstić information content (AvgIpc) is 2.16. The van der Waals surface area contributed by atoms with E-state index < -0.39 is 0 Å². The lowest BCUT2D eigenvalue weighted by Gasteiger charge is -2.34. The van der Waals surface area contributed by atoms with E-state index in [1.54, 1.807) is 7.11 Å². The Morgan fingerprint density at radius 3 is 2.69 bits per heavy atom. The third-order valence-electron chi connectivity index (χ3n) is 2.94. The molecule has 0 heterocycles. The van der Waals surface area contributed by atoms with Crippen LogP contribution in [0.4, 0.5) is 0 Å². The third-order valence-corrected chi connectivity index (χ3v) is 2.94. The van der Waals surface area contributed by atoms with Crippen molar-refractivity contribution in [2.75, 3.05) is 14.2 Å². The monoisotopic (exact) mass is 186 g/mol. The maximum Gasteiger partial charge on any atom is 0.311 e. The Kier molecular flexibility index (Phi) is 3.31. The van der Waals surface area contributed by atoms with Crippen LogP contribution in [0.2, 0.25) is 0 Å². The summed E-state index contributed by atoms with van der Waals surface area (Å²) in [6.45, 7) is 1.96. The van der Waals surface area contributed by atoms with Gasteiger partial charge in [0.25, 0.3) is 0 Å². The van der Waals surface area contributed by atoms with Crippen molar-refractivity contribution >= 4 is 5.97 Å². The second-order valence-corrected chi connectivity index (χ2v) is 4.01. The molecular weight excluding hydrogens is 168 g/mol. The number of hydrogen-bond acceptors (Lipinski definition) is 3. The van der Waals surface area contributed by atoms with Crippen molar-refractivity contribution in [1.82, 2.24) is 0 Å². The molecule has 0 bridgehead atoms. The van der Waals surface area contributed by atoms with Crippen LogP contribution >= 0.6 is 0 Å². The number of hydrogen-bond donors (Lipinski definition) is 0. The average molecular weight is 186 g/mol. The lowest BCUT2D eigenvalue weighted by Crippen LogP contribution is -2.37. The van der Waals surface area contributed by atoms with Gasteiger partial charge in [-0.25, -0.2) is 0 Å². The Morgan fingerprint density at radius 2 is 2.15 bits per heavy atom. The maximum atomic E-state index is 11.5. The number of ether oxygens (including phenoxy) is 2. The van der Waals surface area contributed by atoms with Gasteiger partial charge in [-0.15, -0.1) is 0 Å². The third kappa shape index (κ3) is 2.21. The van der Waals surface area contributed by atoms with E-state index in [4.69, 9.17) is 9.47 Å². The first-order chi connectivity index (χ1) is 6.12. The molecule has 0 spiro atoms. The van der Waals surface area contributed by atoms with Gasteiger partial charge in [-0.2, -0.15) is 0 Å². The molecule has 0 aliphatic heterocycles. The molecule has 13 heavy (non-hydrogen) atoms. The predicted octanol–water partition coefficient (Wildman–Crippen LogP) is 1.75. The zero-order valence-corrected chi connectivity index (χ0v) is 8.63. The van der Waals surface area contributed by atoms with Crippen LogP contribution in [0.5, 0.6) is 0 Å². The van der Waals surface area contributed by atoms with E-state index in [1.165, 1.54) is 7.11 Å². The summed E-state index contributed by atoms with van der Waals surface area (Å²) in [6, 6.07) is 0. The minimum Gasteiger partial charge on any atom is -0.469 e. The molecule has 0 saturated heterocycles. The highest BCUT2D eigenvalue weighted by Crippen LogP contribution is 2.37. The topological polar surface area (TPSA) is 35.5 Å². The second-order valence-electron chi connectivity index (χ2n) is 4.01. The fourth-order valence-corrected chi connectivity index (χ4v) is 2.06. The molecule has 3 heteroatoms. The van der Waals surface area contributed by atoms with E-state index in [9.17, 15) is 4.79 Å². The van der Waals surface area contributed by atoms with Gasteiger partial charge < -0.3 is 9.47 Å². The van der Waals surface area contributed by atoms with Crippen LogP contribution in [0.3, 0.4) is 0 Å². The Labute approximate surface area is 79.4 Å². The van der Waals surface area contributed by atoms with Crippen molar-refractivity contribution < 1.29 is 14.3 Å². The Hall–Kier alpha value is -0.570. The van der Waals surface area contributed by atoms with Gasteiger partial charge in [-0.05, 0) is 32.6 Å². The molecule has 0 radical (unpaired) electrons. The first-order valence-corrected chi connectivity index (χ1v) is 4.73. The van der Waals surface area contributed by atoms with Gasteiger partial charge in [0.15, 0.2) is 0 Å². The molecule has 0 aromatic heterocycles. The fraction of sp³-hybridized carbons (Fsp3) is 0.900. The van der Waals surface area contributed by atoms with E-state index >= 15 is 0 Å². The Morgan fingerprint density at radius 1 is 1.46 bits per heavy atom. The van der Waals surface area contributed by atoms with Crippen molar-refractivity contribution in [2.45, 2.75) is 38.7 Å². The van der Waals surface area contributed by atoms with Crippen molar-refractivity contribution in [1.29, 1.82) is 0 Å². The summed E-state index contributed by atoms with van der Waals surface area (Å²) in [5.74, 6) is -0.103. The van der Waals surface area contributed by atoms with E-state index in [-0.39, 0.29) is 17.5 Å². The summed E-state index contributed by atoms with van der Waals surface area (Å²) in [5, 5.41) is 0. The van der Waals surface area contributed by atoms with E-state index in [0.717, 1.165) is 25.7 Å². The second kappa shape index (κ2) is 4.09. The van der Waals surface area contributed by atoms with Gasteiger partial charge in [-0.3, -0.25) is 4.79 Å². The Balaban J connectivity index is 2.62. The van der Waals surface area contributed by atoms with Crippen molar-refractivity contribution in [3.8, 4) is 0 Å². The first kappa shape index (κ1) is 10.5. The molecular formula is C10H18O3.